The van der Waals surface area contributed by atoms with Crippen molar-refractivity contribution in [2.75, 3.05) is 0 Å². The maximum atomic E-state index is 11.5. The first-order chi connectivity index (χ1) is 7.81. The van der Waals surface area contributed by atoms with Gasteiger partial charge in [0, 0.05) is 0 Å². The standard InChI is InChI=1S/C10H18N4O3/c1-6(8-12-7(5-15)13-14-8)11-9(16)17-10(2,3)4/h6,15H,5H2,1-4H3,(H,11,16)(H,12,13,14)/t6-/m0/s1. The number of hydrogen-bond acceptors (Lipinski definition) is 5. The molecule has 0 aliphatic rings. The Balaban J connectivity index is 2.54. The molecule has 3 N–H and O–H groups in total. The molecule has 1 atom stereocenters. The molecule has 0 bridgehead atoms. The number of aromatic nitrogens is 3. The number of aliphatic hydroxyl groups excluding tert-OH is 1. The molecule has 96 valence electrons. The average Bonchev–Trinajstić information content (AvgIpc) is 2.62. The molecule has 1 amide bonds. The molecule has 17 heavy (non-hydrogen) atoms. The zero-order valence-electron chi connectivity index (χ0n) is 10.4. The van der Waals surface area contributed by atoms with Gasteiger partial charge >= 0.3 is 6.09 Å². The van der Waals surface area contributed by atoms with Crippen LogP contribution in [0.25, 0.3) is 0 Å². The second-order valence-electron chi connectivity index (χ2n) is 4.67. The normalized spacial score (nSPS) is 13.2. The van der Waals surface area contributed by atoms with E-state index in [1.807, 2.05) is 0 Å². The Morgan fingerprint density at radius 2 is 2.24 bits per heavy atom. The summed E-state index contributed by atoms with van der Waals surface area (Å²) in [5.74, 6) is 0.762. The number of H-pyrrole nitrogens is 1. The van der Waals surface area contributed by atoms with Gasteiger partial charge in [-0.2, -0.15) is 5.10 Å². The highest BCUT2D eigenvalue weighted by Crippen LogP contribution is 2.10. The van der Waals surface area contributed by atoms with Gasteiger partial charge in [0.2, 0.25) is 0 Å². The van der Waals surface area contributed by atoms with Gasteiger partial charge in [0.1, 0.15) is 18.0 Å². The number of amides is 1. The van der Waals surface area contributed by atoms with E-state index in [1.54, 1.807) is 27.7 Å². The summed E-state index contributed by atoms with van der Waals surface area (Å²) >= 11 is 0. The third-order valence-corrected chi connectivity index (χ3v) is 1.82. The molecule has 1 aromatic rings. The van der Waals surface area contributed by atoms with Gasteiger partial charge in [-0.25, -0.2) is 9.78 Å². The van der Waals surface area contributed by atoms with Crippen molar-refractivity contribution in [1.82, 2.24) is 20.5 Å². The van der Waals surface area contributed by atoms with Crippen molar-refractivity contribution in [1.29, 1.82) is 0 Å². The van der Waals surface area contributed by atoms with Crippen LogP contribution in [0, 0.1) is 0 Å². The van der Waals surface area contributed by atoms with Crippen molar-refractivity contribution < 1.29 is 14.6 Å². The summed E-state index contributed by atoms with van der Waals surface area (Å²) in [6, 6.07) is -0.388. The highest BCUT2D eigenvalue weighted by Gasteiger charge is 2.20. The van der Waals surface area contributed by atoms with Gasteiger partial charge < -0.3 is 15.2 Å². The number of aliphatic hydroxyl groups is 1. The number of ether oxygens (including phenoxy) is 1. The first-order valence-corrected chi connectivity index (χ1v) is 5.33. The number of rotatable bonds is 3. The maximum Gasteiger partial charge on any atom is 0.408 e. The lowest BCUT2D eigenvalue weighted by atomic mass is 10.2. The highest BCUT2D eigenvalue weighted by atomic mass is 16.6. The van der Waals surface area contributed by atoms with Crippen molar-refractivity contribution in [2.45, 2.75) is 45.9 Å². The zero-order chi connectivity index (χ0) is 13.1. The van der Waals surface area contributed by atoms with Gasteiger partial charge in [-0.1, -0.05) is 0 Å². The quantitative estimate of drug-likeness (QED) is 0.730. The Morgan fingerprint density at radius 1 is 1.59 bits per heavy atom. The summed E-state index contributed by atoms with van der Waals surface area (Å²) in [6.45, 7) is 6.87. The molecule has 0 saturated carbocycles. The number of alkyl carbamates (subject to hydrolysis) is 1. The zero-order valence-corrected chi connectivity index (χ0v) is 10.4. The van der Waals surface area contributed by atoms with Crippen molar-refractivity contribution in [3.8, 4) is 0 Å². The van der Waals surface area contributed by atoms with E-state index >= 15 is 0 Å². The summed E-state index contributed by atoms with van der Waals surface area (Å²) in [7, 11) is 0. The number of carbonyl (C=O) groups is 1. The van der Waals surface area contributed by atoms with E-state index in [2.05, 4.69) is 20.5 Å². The molecule has 1 heterocycles. The maximum absolute atomic E-state index is 11.5. The fraction of sp³-hybridized carbons (Fsp3) is 0.700. The molecule has 0 aromatic carbocycles. The summed E-state index contributed by atoms with van der Waals surface area (Å²) in [5.41, 5.74) is -0.543. The van der Waals surface area contributed by atoms with Gasteiger partial charge in [-0.05, 0) is 27.7 Å². The fourth-order valence-corrected chi connectivity index (χ4v) is 1.12. The van der Waals surface area contributed by atoms with Crippen molar-refractivity contribution in [2.24, 2.45) is 0 Å². The van der Waals surface area contributed by atoms with E-state index in [1.165, 1.54) is 0 Å². The lowest BCUT2D eigenvalue weighted by Gasteiger charge is -2.21. The number of nitrogens with zero attached hydrogens (tertiary/aromatic N) is 2. The lowest BCUT2D eigenvalue weighted by molar-refractivity contribution is 0.0506. The first kappa shape index (κ1) is 13.4. The SMILES string of the molecule is C[C@H](NC(=O)OC(C)(C)C)c1n[nH]c(CO)n1. The third-order valence-electron chi connectivity index (χ3n) is 1.82. The smallest absolute Gasteiger partial charge is 0.408 e. The van der Waals surface area contributed by atoms with Crippen LogP contribution >= 0.6 is 0 Å². The molecule has 1 rings (SSSR count). The Hall–Kier alpha value is -1.63. The van der Waals surface area contributed by atoms with E-state index in [9.17, 15) is 4.79 Å². The van der Waals surface area contributed by atoms with Crippen LogP contribution in [0.15, 0.2) is 0 Å². The van der Waals surface area contributed by atoms with Crippen molar-refractivity contribution in [3.63, 3.8) is 0 Å². The van der Waals surface area contributed by atoms with E-state index < -0.39 is 11.7 Å². The molecule has 7 nitrogen and oxygen atoms in total. The van der Waals surface area contributed by atoms with Crippen LogP contribution in [-0.2, 0) is 11.3 Å². The molecule has 0 unspecified atom stereocenters. The van der Waals surface area contributed by atoms with E-state index in [0.29, 0.717) is 11.6 Å². The van der Waals surface area contributed by atoms with E-state index in [0.717, 1.165) is 0 Å². The van der Waals surface area contributed by atoms with Crippen LogP contribution in [0.2, 0.25) is 0 Å². The monoisotopic (exact) mass is 242 g/mol. The van der Waals surface area contributed by atoms with Crippen LogP contribution in [0.4, 0.5) is 4.79 Å². The van der Waals surface area contributed by atoms with Gasteiger partial charge in [-0.15, -0.1) is 0 Å². The van der Waals surface area contributed by atoms with Crippen molar-refractivity contribution >= 4 is 6.09 Å². The van der Waals surface area contributed by atoms with Gasteiger partial charge in [-0.3, -0.25) is 5.10 Å². The number of nitrogens with one attached hydrogen (secondary N) is 2. The summed E-state index contributed by atoms with van der Waals surface area (Å²) in [4.78, 5) is 15.5. The molecule has 0 radical (unpaired) electrons. The minimum absolute atomic E-state index is 0.216. The predicted octanol–water partition coefficient (Wildman–Crippen LogP) is 0.883. The number of carbonyl (C=O) groups excluding carboxylic acids is 1. The minimum Gasteiger partial charge on any atom is -0.444 e. The topological polar surface area (TPSA) is 100 Å². The minimum atomic E-state index is -0.543. The van der Waals surface area contributed by atoms with Crippen LogP contribution in [0.5, 0.6) is 0 Å². The van der Waals surface area contributed by atoms with Gasteiger partial charge in [0.25, 0.3) is 0 Å². The van der Waals surface area contributed by atoms with E-state index in [-0.39, 0.29) is 12.6 Å². The molecular weight excluding hydrogens is 224 g/mol. The second-order valence-corrected chi connectivity index (χ2v) is 4.67. The molecule has 1 aromatic heterocycles. The summed E-state index contributed by atoms with van der Waals surface area (Å²) in [6.07, 6.45) is -0.527. The van der Waals surface area contributed by atoms with Gasteiger partial charge in [0.05, 0.1) is 6.04 Å². The Kier molecular flexibility index (Phi) is 4.06. The molecule has 0 saturated heterocycles. The molecule has 0 aliphatic carbocycles. The number of hydrogen-bond donors (Lipinski definition) is 3. The van der Waals surface area contributed by atoms with E-state index in [4.69, 9.17) is 9.84 Å². The average molecular weight is 242 g/mol. The fourth-order valence-electron chi connectivity index (χ4n) is 1.12. The van der Waals surface area contributed by atoms with Crippen LogP contribution in [0.3, 0.4) is 0 Å². The Bertz CT molecular complexity index is 383. The Labute approximate surface area is 99.6 Å². The van der Waals surface area contributed by atoms with Crippen LogP contribution < -0.4 is 5.32 Å². The lowest BCUT2D eigenvalue weighted by Crippen LogP contribution is -2.34. The molecule has 0 spiro atoms. The van der Waals surface area contributed by atoms with Crippen LogP contribution in [-0.4, -0.2) is 32.0 Å². The summed E-state index contributed by atoms with van der Waals surface area (Å²) < 4.78 is 5.10. The molecule has 0 aliphatic heterocycles. The largest absolute Gasteiger partial charge is 0.444 e. The highest BCUT2D eigenvalue weighted by molar-refractivity contribution is 5.68. The molecule has 7 heteroatoms. The number of aromatic amines is 1. The summed E-state index contributed by atoms with van der Waals surface area (Å²) in [5, 5.41) is 17.8. The first-order valence-electron chi connectivity index (χ1n) is 5.33. The molecular formula is C10H18N4O3. The third kappa shape index (κ3) is 4.39. The predicted molar refractivity (Wildman–Crippen MR) is 60.1 cm³/mol. The van der Waals surface area contributed by atoms with Crippen LogP contribution in [0.1, 0.15) is 45.4 Å². The van der Waals surface area contributed by atoms with Crippen molar-refractivity contribution in [3.05, 3.63) is 11.6 Å². The Morgan fingerprint density at radius 3 is 2.71 bits per heavy atom. The second kappa shape index (κ2) is 5.13. The van der Waals surface area contributed by atoms with Gasteiger partial charge in [0.15, 0.2) is 5.82 Å². The molecule has 0 fully saturated rings.